The maximum atomic E-state index is 2.49. The zero-order valence-electron chi connectivity index (χ0n) is 11.6. The zero-order chi connectivity index (χ0) is 12.9. The van der Waals surface area contributed by atoms with E-state index in [2.05, 4.69) is 48.5 Å². The lowest BCUT2D eigenvalue weighted by molar-refractivity contribution is 0.633. The summed E-state index contributed by atoms with van der Waals surface area (Å²) >= 11 is 0. The van der Waals surface area contributed by atoms with Crippen molar-refractivity contribution in [1.29, 1.82) is 0 Å². The predicted molar refractivity (Wildman–Crippen MR) is 84.2 cm³/mol. The van der Waals surface area contributed by atoms with Gasteiger partial charge in [0.25, 0.3) is 0 Å². The van der Waals surface area contributed by atoms with Crippen molar-refractivity contribution in [3.05, 3.63) is 54.1 Å². The van der Waals surface area contributed by atoms with E-state index in [9.17, 15) is 0 Å². The lowest BCUT2D eigenvalue weighted by atomic mass is 9.94. The van der Waals surface area contributed by atoms with E-state index in [1.54, 1.807) is 5.57 Å². The second-order valence-electron chi connectivity index (χ2n) is 5.56. The summed E-state index contributed by atoms with van der Waals surface area (Å²) in [6.07, 6.45) is 11.9. The Hall–Kier alpha value is -1.56. The van der Waals surface area contributed by atoms with Crippen molar-refractivity contribution in [2.45, 2.75) is 44.9 Å². The van der Waals surface area contributed by atoms with Gasteiger partial charge in [-0.15, -0.1) is 0 Å². The van der Waals surface area contributed by atoms with Crippen LogP contribution in [0.25, 0.3) is 16.3 Å². The summed E-state index contributed by atoms with van der Waals surface area (Å²) in [6.45, 7) is 0. The Kier molecular flexibility index (Phi) is 3.98. The third kappa shape index (κ3) is 2.89. The topological polar surface area (TPSA) is 0 Å². The normalized spacial score (nSPS) is 20.1. The van der Waals surface area contributed by atoms with E-state index in [4.69, 9.17) is 0 Å². The van der Waals surface area contributed by atoms with Crippen molar-refractivity contribution in [1.82, 2.24) is 0 Å². The van der Waals surface area contributed by atoms with E-state index in [0.717, 1.165) is 0 Å². The van der Waals surface area contributed by atoms with Crippen LogP contribution in [-0.2, 0) is 0 Å². The van der Waals surface area contributed by atoms with Crippen LogP contribution < -0.4 is 0 Å². The van der Waals surface area contributed by atoms with Crippen LogP contribution >= 0.6 is 0 Å². The summed E-state index contributed by atoms with van der Waals surface area (Å²) in [6, 6.07) is 15.5. The molecule has 2 aromatic rings. The molecule has 0 spiro atoms. The molecule has 0 saturated heterocycles. The molecule has 0 aromatic heterocycles. The molecule has 0 N–H and O–H groups in total. The number of benzene rings is 2. The molecule has 0 fully saturated rings. The van der Waals surface area contributed by atoms with Crippen molar-refractivity contribution < 1.29 is 0 Å². The number of allylic oxidation sites excluding steroid dienone is 2. The average Bonchev–Trinajstić information content (AvgIpc) is 2.60. The van der Waals surface area contributed by atoms with Crippen LogP contribution in [0.2, 0.25) is 0 Å². The Morgan fingerprint density at radius 1 is 0.684 bits per heavy atom. The molecule has 0 bridgehead atoms. The Morgan fingerprint density at radius 2 is 1.47 bits per heavy atom. The van der Waals surface area contributed by atoms with E-state index in [1.165, 1.54) is 61.3 Å². The fraction of sp³-hybridized carbons (Fsp3) is 0.368. The molecular formula is C19H22. The van der Waals surface area contributed by atoms with Gasteiger partial charge in [0.15, 0.2) is 0 Å². The van der Waals surface area contributed by atoms with Gasteiger partial charge in [-0.1, -0.05) is 67.8 Å². The van der Waals surface area contributed by atoms with Crippen LogP contribution in [0.15, 0.2) is 48.5 Å². The Bertz CT molecular complexity index is 572. The fourth-order valence-corrected chi connectivity index (χ4v) is 3.12. The van der Waals surface area contributed by atoms with Gasteiger partial charge in [-0.05, 0) is 47.6 Å². The number of rotatable bonds is 1. The first-order valence-corrected chi connectivity index (χ1v) is 7.62. The minimum Gasteiger partial charge on any atom is -0.0807 e. The van der Waals surface area contributed by atoms with Crippen molar-refractivity contribution in [2.24, 2.45) is 0 Å². The van der Waals surface area contributed by atoms with E-state index in [0.29, 0.717) is 0 Å². The predicted octanol–water partition coefficient (Wildman–Crippen LogP) is 5.97. The average molecular weight is 250 g/mol. The lowest BCUT2D eigenvalue weighted by Crippen LogP contribution is -1.88. The maximum Gasteiger partial charge on any atom is -0.0109 e. The molecule has 3 rings (SSSR count). The smallest absolute Gasteiger partial charge is 0.0109 e. The molecule has 0 saturated carbocycles. The standard InChI is InChI=1S/C19H22/c1-2-4-6-11-16(10-5-3-1)19-15-9-13-17-12-7-8-14-18(17)19/h7-10,12-15H,1-6,11H2/b16-10+. The van der Waals surface area contributed by atoms with Gasteiger partial charge in [0.2, 0.25) is 0 Å². The zero-order valence-corrected chi connectivity index (χ0v) is 11.6. The molecule has 0 nitrogen and oxygen atoms in total. The molecule has 19 heavy (non-hydrogen) atoms. The SMILES string of the molecule is C1=C(/c2cccc3ccccc23)CCCCCCC/1. The Labute approximate surface area is 116 Å². The molecule has 0 unspecified atom stereocenters. The van der Waals surface area contributed by atoms with Crippen LogP contribution in [0.1, 0.15) is 50.5 Å². The van der Waals surface area contributed by atoms with Crippen molar-refractivity contribution in [3.8, 4) is 0 Å². The molecule has 0 heteroatoms. The second-order valence-corrected chi connectivity index (χ2v) is 5.56. The molecule has 0 heterocycles. The van der Waals surface area contributed by atoms with Crippen molar-refractivity contribution in [3.63, 3.8) is 0 Å². The van der Waals surface area contributed by atoms with Crippen LogP contribution in [0, 0.1) is 0 Å². The summed E-state index contributed by atoms with van der Waals surface area (Å²) in [4.78, 5) is 0. The highest BCUT2D eigenvalue weighted by Gasteiger charge is 2.07. The summed E-state index contributed by atoms with van der Waals surface area (Å²) in [5.41, 5.74) is 3.03. The summed E-state index contributed by atoms with van der Waals surface area (Å²) < 4.78 is 0. The van der Waals surface area contributed by atoms with Gasteiger partial charge in [0.1, 0.15) is 0 Å². The lowest BCUT2D eigenvalue weighted by Gasteiger charge is -2.11. The molecule has 98 valence electrons. The Balaban J connectivity index is 2.01. The highest BCUT2D eigenvalue weighted by molar-refractivity contribution is 5.93. The second kappa shape index (κ2) is 6.06. The molecule has 0 amide bonds. The quantitative estimate of drug-likeness (QED) is 0.585. The minimum absolute atomic E-state index is 1.24. The third-order valence-corrected chi connectivity index (χ3v) is 4.18. The van der Waals surface area contributed by atoms with E-state index >= 15 is 0 Å². The fourth-order valence-electron chi connectivity index (χ4n) is 3.12. The summed E-state index contributed by atoms with van der Waals surface area (Å²) in [5, 5.41) is 2.77. The first-order chi connectivity index (χ1) is 9.45. The molecular weight excluding hydrogens is 228 g/mol. The van der Waals surface area contributed by atoms with Crippen molar-refractivity contribution in [2.75, 3.05) is 0 Å². The molecule has 0 atom stereocenters. The van der Waals surface area contributed by atoms with E-state index in [-0.39, 0.29) is 0 Å². The third-order valence-electron chi connectivity index (χ3n) is 4.18. The molecule has 1 aliphatic carbocycles. The molecule has 1 aliphatic rings. The molecule has 0 aliphatic heterocycles. The van der Waals surface area contributed by atoms with Crippen molar-refractivity contribution >= 4 is 16.3 Å². The minimum atomic E-state index is 1.24. The highest BCUT2D eigenvalue weighted by Crippen LogP contribution is 2.30. The van der Waals surface area contributed by atoms with Gasteiger partial charge < -0.3 is 0 Å². The first-order valence-electron chi connectivity index (χ1n) is 7.62. The van der Waals surface area contributed by atoms with Crippen LogP contribution in [0.4, 0.5) is 0 Å². The van der Waals surface area contributed by atoms with E-state index < -0.39 is 0 Å². The van der Waals surface area contributed by atoms with Gasteiger partial charge in [0.05, 0.1) is 0 Å². The van der Waals surface area contributed by atoms with Crippen LogP contribution in [-0.4, -0.2) is 0 Å². The Morgan fingerprint density at radius 3 is 2.47 bits per heavy atom. The largest absolute Gasteiger partial charge is 0.0807 e. The van der Waals surface area contributed by atoms with Crippen LogP contribution in [0.5, 0.6) is 0 Å². The van der Waals surface area contributed by atoms with Gasteiger partial charge in [0, 0.05) is 0 Å². The highest BCUT2D eigenvalue weighted by atomic mass is 14.1. The summed E-state index contributed by atoms with van der Waals surface area (Å²) in [5.74, 6) is 0. The molecule has 2 aromatic carbocycles. The number of fused-ring (bicyclic) bond motifs is 1. The van der Waals surface area contributed by atoms with E-state index in [1.807, 2.05) is 0 Å². The van der Waals surface area contributed by atoms with Gasteiger partial charge in [-0.25, -0.2) is 0 Å². The maximum absolute atomic E-state index is 2.49. The summed E-state index contributed by atoms with van der Waals surface area (Å²) in [7, 11) is 0. The first kappa shape index (κ1) is 12.5. The van der Waals surface area contributed by atoms with Gasteiger partial charge in [-0.2, -0.15) is 0 Å². The number of hydrogen-bond acceptors (Lipinski definition) is 0. The van der Waals surface area contributed by atoms with Crippen LogP contribution in [0.3, 0.4) is 0 Å². The van der Waals surface area contributed by atoms with Gasteiger partial charge >= 0.3 is 0 Å². The monoisotopic (exact) mass is 250 g/mol. The molecule has 0 radical (unpaired) electrons. The van der Waals surface area contributed by atoms with Gasteiger partial charge in [-0.3, -0.25) is 0 Å². The number of hydrogen-bond donors (Lipinski definition) is 0.